The van der Waals surface area contributed by atoms with Crippen LogP contribution in [0.25, 0.3) is 10.9 Å². The Morgan fingerprint density at radius 2 is 1.95 bits per heavy atom. The fourth-order valence-electron chi connectivity index (χ4n) is 2.47. The molecule has 0 aliphatic rings. The maximum atomic E-state index is 11.5. The minimum absolute atomic E-state index is 0.150. The topological polar surface area (TPSA) is 40.5 Å². The standard InChI is InChI=1S/C15H19NO3/c1-9(17)6-12-10(2)16(3)15-13(12)7-11(18-4)8-14(15)19-5/h7-8H,6H2,1-5H3. The van der Waals surface area contributed by atoms with E-state index in [0.29, 0.717) is 6.42 Å². The molecule has 19 heavy (non-hydrogen) atoms. The number of methoxy groups -OCH3 is 2. The maximum absolute atomic E-state index is 11.5. The highest BCUT2D eigenvalue weighted by Crippen LogP contribution is 2.36. The van der Waals surface area contributed by atoms with Gasteiger partial charge < -0.3 is 14.0 Å². The van der Waals surface area contributed by atoms with E-state index in [2.05, 4.69) is 4.57 Å². The molecule has 0 bridgehead atoms. The fraction of sp³-hybridized carbons (Fsp3) is 0.400. The summed E-state index contributed by atoms with van der Waals surface area (Å²) in [4.78, 5) is 11.5. The van der Waals surface area contributed by atoms with Gasteiger partial charge in [0, 0.05) is 30.6 Å². The van der Waals surface area contributed by atoms with Crippen LogP contribution in [0.15, 0.2) is 12.1 Å². The SMILES string of the molecule is COc1cc(OC)c2c(c1)c(CC(C)=O)c(C)n2C. The summed E-state index contributed by atoms with van der Waals surface area (Å²) in [5.41, 5.74) is 3.12. The van der Waals surface area contributed by atoms with Crippen LogP contribution in [0.4, 0.5) is 0 Å². The molecule has 1 aromatic carbocycles. The molecule has 102 valence electrons. The van der Waals surface area contributed by atoms with Gasteiger partial charge in [0.15, 0.2) is 0 Å². The molecule has 2 aromatic rings. The van der Waals surface area contributed by atoms with Gasteiger partial charge in [0.05, 0.1) is 19.7 Å². The lowest BCUT2D eigenvalue weighted by Crippen LogP contribution is -1.99. The van der Waals surface area contributed by atoms with Crippen molar-refractivity contribution in [1.29, 1.82) is 0 Å². The van der Waals surface area contributed by atoms with Crippen molar-refractivity contribution in [3.05, 3.63) is 23.4 Å². The van der Waals surface area contributed by atoms with Crippen LogP contribution in [0.3, 0.4) is 0 Å². The highest BCUT2D eigenvalue weighted by Gasteiger charge is 2.18. The highest BCUT2D eigenvalue weighted by molar-refractivity contribution is 5.95. The fourth-order valence-corrected chi connectivity index (χ4v) is 2.47. The highest BCUT2D eigenvalue weighted by atomic mass is 16.5. The van der Waals surface area contributed by atoms with Crippen molar-refractivity contribution in [3.63, 3.8) is 0 Å². The van der Waals surface area contributed by atoms with Gasteiger partial charge in [0.2, 0.25) is 0 Å². The summed E-state index contributed by atoms with van der Waals surface area (Å²) in [6.07, 6.45) is 0.430. The van der Waals surface area contributed by atoms with Gasteiger partial charge in [-0.25, -0.2) is 0 Å². The lowest BCUT2D eigenvalue weighted by molar-refractivity contribution is -0.116. The first kappa shape index (κ1) is 13.5. The summed E-state index contributed by atoms with van der Waals surface area (Å²) in [5.74, 6) is 1.65. The second-order valence-corrected chi connectivity index (χ2v) is 4.73. The quantitative estimate of drug-likeness (QED) is 0.849. The predicted molar refractivity (Wildman–Crippen MR) is 75.1 cm³/mol. The number of rotatable bonds is 4. The molecule has 0 amide bonds. The Kier molecular flexibility index (Phi) is 3.51. The number of carbonyl (C=O) groups is 1. The normalized spacial score (nSPS) is 10.8. The molecule has 1 heterocycles. The molecule has 0 aliphatic heterocycles. The van der Waals surface area contributed by atoms with E-state index in [0.717, 1.165) is 33.7 Å². The van der Waals surface area contributed by atoms with Gasteiger partial charge in [-0.1, -0.05) is 0 Å². The molecule has 0 aliphatic carbocycles. The number of benzene rings is 1. The molecule has 0 N–H and O–H groups in total. The van der Waals surface area contributed by atoms with Gasteiger partial charge in [-0.2, -0.15) is 0 Å². The average Bonchev–Trinajstić information content (AvgIpc) is 2.62. The zero-order valence-corrected chi connectivity index (χ0v) is 12.0. The molecular formula is C15H19NO3. The monoisotopic (exact) mass is 261 g/mol. The van der Waals surface area contributed by atoms with Crippen LogP contribution < -0.4 is 9.47 Å². The largest absolute Gasteiger partial charge is 0.497 e. The van der Waals surface area contributed by atoms with Crippen molar-refractivity contribution in [2.45, 2.75) is 20.3 Å². The molecule has 0 spiro atoms. The summed E-state index contributed by atoms with van der Waals surface area (Å²) in [5, 5.41) is 1.02. The Labute approximate surface area is 112 Å². The third kappa shape index (κ3) is 2.18. The number of ketones is 1. The van der Waals surface area contributed by atoms with Gasteiger partial charge in [-0.05, 0) is 25.5 Å². The van der Waals surface area contributed by atoms with Gasteiger partial charge in [0.1, 0.15) is 17.3 Å². The van der Waals surface area contributed by atoms with E-state index in [1.807, 2.05) is 26.1 Å². The molecule has 0 saturated carbocycles. The van der Waals surface area contributed by atoms with Crippen molar-refractivity contribution in [2.75, 3.05) is 14.2 Å². The molecular weight excluding hydrogens is 242 g/mol. The Morgan fingerprint density at radius 1 is 1.26 bits per heavy atom. The van der Waals surface area contributed by atoms with Crippen LogP contribution in [0, 0.1) is 6.92 Å². The Hall–Kier alpha value is -1.97. The zero-order chi connectivity index (χ0) is 14.2. The molecule has 0 fully saturated rings. The number of ether oxygens (including phenoxy) is 2. The summed E-state index contributed by atoms with van der Waals surface area (Å²) in [6.45, 7) is 3.62. The van der Waals surface area contributed by atoms with Gasteiger partial charge in [-0.3, -0.25) is 4.79 Å². The maximum Gasteiger partial charge on any atom is 0.146 e. The molecule has 4 heteroatoms. The van der Waals surface area contributed by atoms with Crippen LogP contribution in [-0.4, -0.2) is 24.6 Å². The molecule has 0 saturated heterocycles. The molecule has 0 unspecified atom stereocenters. The lowest BCUT2D eigenvalue weighted by Gasteiger charge is -2.08. The molecule has 1 aromatic heterocycles. The van der Waals surface area contributed by atoms with Gasteiger partial charge in [0.25, 0.3) is 0 Å². The summed E-state index contributed by atoms with van der Waals surface area (Å²) in [7, 11) is 5.25. The number of carbonyl (C=O) groups excluding carboxylic acids is 1. The molecule has 0 radical (unpaired) electrons. The van der Waals surface area contributed by atoms with Crippen LogP contribution >= 0.6 is 0 Å². The Morgan fingerprint density at radius 3 is 2.47 bits per heavy atom. The van der Waals surface area contributed by atoms with E-state index in [1.165, 1.54) is 0 Å². The first-order valence-electron chi connectivity index (χ1n) is 6.19. The van der Waals surface area contributed by atoms with E-state index in [-0.39, 0.29) is 5.78 Å². The van der Waals surface area contributed by atoms with E-state index >= 15 is 0 Å². The first-order valence-corrected chi connectivity index (χ1v) is 6.19. The van der Waals surface area contributed by atoms with Crippen LogP contribution in [0.5, 0.6) is 11.5 Å². The van der Waals surface area contributed by atoms with E-state index in [9.17, 15) is 4.79 Å². The third-order valence-electron chi connectivity index (χ3n) is 3.53. The molecule has 2 rings (SSSR count). The van der Waals surface area contributed by atoms with E-state index < -0.39 is 0 Å². The molecule has 4 nitrogen and oxygen atoms in total. The van der Waals surface area contributed by atoms with Crippen molar-refractivity contribution < 1.29 is 14.3 Å². The van der Waals surface area contributed by atoms with Crippen LogP contribution in [-0.2, 0) is 18.3 Å². The lowest BCUT2D eigenvalue weighted by atomic mass is 10.1. The Balaban J connectivity index is 2.82. The van der Waals surface area contributed by atoms with Gasteiger partial charge >= 0.3 is 0 Å². The van der Waals surface area contributed by atoms with E-state index in [4.69, 9.17) is 9.47 Å². The first-order chi connectivity index (χ1) is 8.99. The average molecular weight is 261 g/mol. The number of nitrogens with zero attached hydrogens (tertiary/aromatic N) is 1. The second kappa shape index (κ2) is 4.96. The van der Waals surface area contributed by atoms with Crippen LogP contribution in [0.1, 0.15) is 18.2 Å². The zero-order valence-electron chi connectivity index (χ0n) is 12.0. The minimum atomic E-state index is 0.150. The van der Waals surface area contributed by atoms with Gasteiger partial charge in [-0.15, -0.1) is 0 Å². The Bertz CT molecular complexity index is 641. The van der Waals surface area contributed by atoms with Crippen molar-refractivity contribution in [3.8, 4) is 11.5 Å². The second-order valence-electron chi connectivity index (χ2n) is 4.73. The minimum Gasteiger partial charge on any atom is -0.497 e. The number of fused-ring (bicyclic) bond motifs is 1. The number of hydrogen-bond donors (Lipinski definition) is 0. The number of Topliss-reactive ketones (excluding diaryl/α,β-unsaturated/α-hetero) is 1. The van der Waals surface area contributed by atoms with Crippen LogP contribution in [0.2, 0.25) is 0 Å². The molecule has 0 atom stereocenters. The number of aromatic nitrogens is 1. The van der Waals surface area contributed by atoms with Crippen molar-refractivity contribution in [2.24, 2.45) is 7.05 Å². The van der Waals surface area contributed by atoms with E-state index in [1.54, 1.807) is 21.1 Å². The smallest absolute Gasteiger partial charge is 0.146 e. The third-order valence-corrected chi connectivity index (χ3v) is 3.53. The summed E-state index contributed by atoms with van der Waals surface area (Å²) in [6, 6.07) is 3.82. The summed E-state index contributed by atoms with van der Waals surface area (Å²) < 4.78 is 12.8. The number of hydrogen-bond acceptors (Lipinski definition) is 3. The summed E-state index contributed by atoms with van der Waals surface area (Å²) >= 11 is 0. The number of aryl methyl sites for hydroxylation is 1. The van der Waals surface area contributed by atoms with Crippen molar-refractivity contribution in [1.82, 2.24) is 4.57 Å². The predicted octanol–water partition coefficient (Wildman–Crippen LogP) is 2.64. The van der Waals surface area contributed by atoms with Crippen molar-refractivity contribution >= 4 is 16.7 Å².